The largest absolute Gasteiger partial charge is 0.349 e. The number of rotatable bonds is 2. The molecule has 3 aromatic rings. The number of aromatic amines is 1. The Labute approximate surface area is 108 Å². The maximum atomic E-state index is 13.4. The van der Waals surface area contributed by atoms with Crippen LogP contribution in [0.15, 0.2) is 48.7 Å². The van der Waals surface area contributed by atoms with Gasteiger partial charge in [0.25, 0.3) is 5.91 Å². The number of carbonyl (C=O) groups is 1. The van der Waals surface area contributed by atoms with Crippen LogP contribution in [0.25, 0.3) is 11.0 Å². The third kappa shape index (κ3) is 2.18. The maximum absolute atomic E-state index is 13.4. The molecule has 5 heteroatoms. The van der Waals surface area contributed by atoms with Gasteiger partial charge in [-0.3, -0.25) is 9.78 Å². The van der Waals surface area contributed by atoms with E-state index in [0.29, 0.717) is 11.2 Å². The fourth-order valence-electron chi connectivity index (χ4n) is 1.83. The summed E-state index contributed by atoms with van der Waals surface area (Å²) in [5.74, 6) is -0.867. The van der Waals surface area contributed by atoms with E-state index in [-0.39, 0.29) is 5.69 Å². The molecule has 0 unspecified atom stereocenters. The summed E-state index contributed by atoms with van der Waals surface area (Å²) in [7, 11) is 0. The number of carbonyl (C=O) groups excluding carboxylic acids is 1. The summed E-state index contributed by atoms with van der Waals surface area (Å²) >= 11 is 0. The Morgan fingerprint density at radius 2 is 2.05 bits per heavy atom. The zero-order chi connectivity index (χ0) is 13.2. The van der Waals surface area contributed by atoms with Crippen molar-refractivity contribution in [2.24, 2.45) is 0 Å². The third-order valence-electron chi connectivity index (χ3n) is 2.76. The molecule has 0 aliphatic rings. The lowest BCUT2D eigenvalue weighted by Crippen LogP contribution is -2.13. The molecular weight excluding hydrogens is 245 g/mol. The quantitative estimate of drug-likeness (QED) is 0.739. The van der Waals surface area contributed by atoms with E-state index in [1.807, 2.05) is 6.07 Å². The van der Waals surface area contributed by atoms with Crippen molar-refractivity contribution in [1.82, 2.24) is 9.97 Å². The van der Waals surface area contributed by atoms with Gasteiger partial charge in [0, 0.05) is 6.20 Å². The fraction of sp³-hybridized carbons (Fsp3) is 0. The molecule has 0 fully saturated rings. The number of halogens is 1. The van der Waals surface area contributed by atoms with E-state index < -0.39 is 11.7 Å². The van der Waals surface area contributed by atoms with Crippen molar-refractivity contribution < 1.29 is 9.18 Å². The molecule has 4 nitrogen and oxygen atoms in total. The number of aromatic nitrogens is 2. The number of pyridine rings is 1. The molecule has 2 N–H and O–H groups in total. The molecule has 2 heterocycles. The highest BCUT2D eigenvalue weighted by Gasteiger charge is 2.11. The number of benzene rings is 1. The van der Waals surface area contributed by atoms with Crippen molar-refractivity contribution >= 4 is 22.6 Å². The Morgan fingerprint density at radius 3 is 2.84 bits per heavy atom. The molecule has 0 aliphatic heterocycles. The van der Waals surface area contributed by atoms with E-state index in [1.165, 1.54) is 12.1 Å². The predicted molar refractivity (Wildman–Crippen MR) is 70.4 cm³/mol. The third-order valence-corrected chi connectivity index (χ3v) is 2.76. The lowest BCUT2D eigenvalue weighted by Gasteiger charge is -2.04. The van der Waals surface area contributed by atoms with E-state index in [2.05, 4.69) is 15.3 Å². The zero-order valence-corrected chi connectivity index (χ0v) is 9.85. The predicted octanol–water partition coefficient (Wildman–Crippen LogP) is 2.95. The van der Waals surface area contributed by atoms with Gasteiger partial charge in [0.05, 0.1) is 16.7 Å². The van der Waals surface area contributed by atoms with Crippen LogP contribution in [-0.4, -0.2) is 15.9 Å². The van der Waals surface area contributed by atoms with Gasteiger partial charge in [-0.2, -0.15) is 0 Å². The van der Waals surface area contributed by atoms with Crippen LogP contribution in [0, 0.1) is 5.82 Å². The highest BCUT2D eigenvalue weighted by Crippen LogP contribution is 2.16. The highest BCUT2D eigenvalue weighted by atomic mass is 19.1. The summed E-state index contributed by atoms with van der Waals surface area (Å²) in [6.45, 7) is 0. The smallest absolute Gasteiger partial charge is 0.272 e. The van der Waals surface area contributed by atoms with Crippen molar-refractivity contribution in [1.29, 1.82) is 0 Å². The molecule has 0 radical (unpaired) electrons. The molecule has 0 saturated heterocycles. The van der Waals surface area contributed by atoms with Gasteiger partial charge in [0.2, 0.25) is 0 Å². The molecule has 0 bridgehead atoms. The van der Waals surface area contributed by atoms with Gasteiger partial charge >= 0.3 is 0 Å². The van der Waals surface area contributed by atoms with Gasteiger partial charge < -0.3 is 10.3 Å². The highest BCUT2D eigenvalue weighted by molar-refractivity contribution is 6.05. The molecule has 19 heavy (non-hydrogen) atoms. The molecule has 2 aromatic heterocycles. The summed E-state index contributed by atoms with van der Waals surface area (Å²) in [6.07, 6.45) is 1.65. The molecule has 0 atom stereocenters. The van der Waals surface area contributed by atoms with Crippen LogP contribution in [0.2, 0.25) is 0 Å². The number of hydrogen-bond acceptors (Lipinski definition) is 2. The second-order valence-corrected chi connectivity index (χ2v) is 4.05. The minimum absolute atomic E-state index is 0.152. The molecule has 94 valence electrons. The first kappa shape index (κ1) is 11.4. The Bertz CT molecular complexity index is 718. The second-order valence-electron chi connectivity index (χ2n) is 4.05. The number of anilines is 1. The Kier molecular flexibility index (Phi) is 2.72. The number of para-hydroxylation sites is 1. The van der Waals surface area contributed by atoms with Crippen LogP contribution in [0.4, 0.5) is 10.1 Å². The summed E-state index contributed by atoms with van der Waals surface area (Å²) in [4.78, 5) is 19.1. The summed E-state index contributed by atoms with van der Waals surface area (Å²) in [6, 6.07) is 11.3. The van der Waals surface area contributed by atoms with Crippen molar-refractivity contribution in [3.63, 3.8) is 0 Å². The van der Waals surface area contributed by atoms with Crippen molar-refractivity contribution in [3.05, 3.63) is 60.2 Å². The average molecular weight is 255 g/mol. The topological polar surface area (TPSA) is 57.8 Å². The Hall–Kier alpha value is -2.69. The zero-order valence-electron chi connectivity index (χ0n) is 9.85. The van der Waals surface area contributed by atoms with E-state index in [1.54, 1.807) is 30.5 Å². The van der Waals surface area contributed by atoms with Gasteiger partial charge in [0.15, 0.2) is 0 Å². The number of H-pyrrole nitrogens is 1. The lowest BCUT2D eigenvalue weighted by molar-refractivity contribution is 0.102. The van der Waals surface area contributed by atoms with Gasteiger partial charge in [-0.1, -0.05) is 12.1 Å². The van der Waals surface area contributed by atoms with Crippen LogP contribution in [-0.2, 0) is 0 Å². The number of hydrogen-bond donors (Lipinski definition) is 2. The Balaban J connectivity index is 1.90. The minimum Gasteiger partial charge on any atom is -0.349 e. The standard InChI is InChI=1S/C14H10FN3O/c15-9-4-1-2-5-10(9)18-14(19)13-8-12-11(17-13)6-3-7-16-12/h1-8,17H,(H,18,19). The van der Waals surface area contributed by atoms with E-state index in [0.717, 1.165) is 5.52 Å². The summed E-state index contributed by atoms with van der Waals surface area (Å²) in [5, 5.41) is 2.51. The lowest BCUT2D eigenvalue weighted by atomic mass is 10.3. The number of nitrogens with one attached hydrogen (secondary N) is 2. The van der Waals surface area contributed by atoms with Gasteiger partial charge in [-0.15, -0.1) is 0 Å². The summed E-state index contributed by atoms with van der Waals surface area (Å²) < 4.78 is 13.4. The van der Waals surface area contributed by atoms with Crippen molar-refractivity contribution in [2.45, 2.75) is 0 Å². The maximum Gasteiger partial charge on any atom is 0.272 e. The molecule has 1 amide bonds. The Morgan fingerprint density at radius 1 is 1.21 bits per heavy atom. The number of fused-ring (bicyclic) bond motifs is 1. The van der Waals surface area contributed by atoms with Gasteiger partial charge in [-0.25, -0.2) is 4.39 Å². The molecular formula is C14H10FN3O. The van der Waals surface area contributed by atoms with E-state index in [9.17, 15) is 9.18 Å². The van der Waals surface area contributed by atoms with Crippen LogP contribution in [0.3, 0.4) is 0 Å². The first-order valence-electron chi connectivity index (χ1n) is 5.73. The average Bonchev–Trinajstić information content (AvgIpc) is 2.85. The van der Waals surface area contributed by atoms with E-state index >= 15 is 0 Å². The van der Waals surface area contributed by atoms with Gasteiger partial charge in [0.1, 0.15) is 11.5 Å². The van der Waals surface area contributed by atoms with Crippen molar-refractivity contribution in [2.75, 3.05) is 5.32 Å². The van der Waals surface area contributed by atoms with Crippen LogP contribution in [0.5, 0.6) is 0 Å². The minimum atomic E-state index is -0.468. The normalized spacial score (nSPS) is 10.6. The second kappa shape index (κ2) is 4.53. The van der Waals surface area contributed by atoms with Crippen LogP contribution >= 0.6 is 0 Å². The van der Waals surface area contributed by atoms with Crippen LogP contribution in [0.1, 0.15) is 10.5 Å². The molecule has 0 aliphatic carbocycles. The first-order valence-corrected chi connectivity index (χ1v) is 5.73. The van der Waals surface area contributed by atoms with Gasteiger partial charge in [-0.05, 0) is 30.3 Å². The molecule has 0 saturated carbocycles. The monoisotopic (exact) mass is 255 g/mol. The fourth-order valence-corrected chi connectivity index (χ4v) is 1.83. The molecule has 0 spiro atoms. The summed E-state index contributed by atoms with van der Waals surface area (Å²) in [5.41, 5.74) is 1.96. The first-order chi connectivity index (χ1) is 9.24. The van der Waals surface area contributed by atoms with Crippen molar-refractivity contribution in [3.8, 4) is 0 Å². The van der Waals surface area contributed by atoms with E-state index in [4.69, 9.17) is 0 Å². The van der Waals surface area contributed by atoms with Crippen LogP contribution < -0.4 is 5.32 Å². The molecule has 1 aromatic carbocycles. The number of nitrogens with zero attached hydrogens (tertiary/aromatic N) is 1. The number of amides is 1. The SMILES string of the molecule is O=C(Nc1ccccc1F)c1cc2ncccc2[nH]1. The molecule has 3 rings (SSSR count).